The molecule has 0 aliphatic carbocycles. The van der Waals surface area contributed by atoms with Gasteiger partial charge in [0.1, 0.15) is 0 Å². The lowest BCUT2D eigenvalue weighted by atomic mass is 10.1. The molecule has 0 saturated carbocycles. The first-order valence-electron chi connectivity index (χ1n) is 6.83. The molecule has 2 rings (SSSR count). The monoisotopic (exact) mass is 297 g/mol. The number of carbonyl (C=O) groups excluding carboxylic acids is 1. The number of carbonyl (C=O) groups is 1. The lowest BCUT2D eigenvalue weighted by molar-refractivity contribution is 0.102. The van der Waals surface area contributed by atoms with Crippen molar-refractivity contribution in [2.24, 2.45) is 0 Å². The Bertz CT molecular complexity index is 664. The maximum atomic E-state index is 12.5. The number of nitrogens with one attached hydrogen (secondary N) is 1. The first kappa shape index (κ1) is 15.4. The zero-order chi connectivity index (χ0) is 15.2. The molecule has 0 fully saturated rings. The van der Waals surface area contributed by atoms with Crippen molar-refractivity contribution in [3.05, 3.63) is 71.8 Å². The third-order valence-electron chi connectivity index (χ3n) is 3.13. The van der Waals surface area contributed by atoms with Gasteiger partial charge in [-0.1, -0.05) is 30.3 Å². The van der Waals surface area contributed by atoms with Crippen molar-refractivity contribution in [1.29, 1.82) is 0 Å². The Morgan fingerprint density at radius 3 is 2.76 bits per heavy atom. The van der Waals surface area contributed by atoms with Gasteiger partial charge >= 0.3 is 0 Å². The highest BCUT2D eigenvalue weighted by molar-refractivity contribution is 7.99. The Morgan fingerprint density at radius 1 is 1.24 bits per heavy atom. The zero-order valence-corrected chi connectivity index (χ0v) is 13.2. The van der Waals surface area contributed by atoms with E-state index in [2.05, 4.69) is 11.9 Å². The molecule has 0 aliphatic rings. The highest BCUT2D eigenvalue weighted by Crippen LogP contribution is 2.24. The van der Waals surface area contributed by atoms with Crippen LogP contribution in [0.5, 0.6) is 0 Å². The fourth-order valence-corrected chi connectivity index (χ4v) is 2.78. The Balaban J connectivity index is 2.24. The highest BCUT2D eigenvalue weighted by atomic mass is 32.2. The summed E-state index contributed by atoms with van der Waals surface area (Å²) in [4.78, 5) is 13.5. The first-order valence-corrected chi connectivity index (χ1v) is 7.81. The molecule has 0 unspecified atom stereocenters. The fraction of sp³-hybridized carbons (Fsp3) is 0.167. The second-order valence-corrected chi connectivity index (χ2v) is 5.93. The van der Waals surface area contributed by atoms with Crippen molar-refractivity contribution in [3.8, 4) is 0 Å². The molecular formula is C18H19NOS. The quantitative estimate of drug-likeness (QED) is 0.632. The Morgan fingerprint density at radius 2 is 2.00 bits per heavy atom. The molecule has 1 amide bonds. The van der Waals surface area contributed by atoms with E-state index in [-0.39, 0.29) is 5.91 Å². The number of thioether (sulfide) groups is 1. The van der Waals surface area contributed by atoms with Crippen LogP contribution in [0, 0.1) is 13.8 Å². The smallest absolute Gasteiger partial charge is 0.256 e. The third-order valence-corrected chi connectivity index (χ3v) is 4.20. The highest BCUT2D eigenvalue weighted by Gasteiger charge is 2.12. The van der Waals surface area contributed by atoms with Crippen molar-refractivity contribution in [2.45, 2.75) is 18.7 Å². The van der Waals surface area contributed by atoms with Crippen LogP contribution in [-0.2, 0) is 0 Å². The van der Waals surface area contributed by atoms with E-state index >= 15 is 0 Å². The van der Waals surface area contributed by atoms with Crippen LogP contribution in [0.2, 0.25) is 0 Å². The van der Waals surface area contributed by atoms with Crippen molar-refractivity contribution in [3.63, 3.8) is 0 Å². The number of benzene rings is 2. The first-order chi connectivity index (χ1) is 10.1. The fourth-order valence-electron chi connectivity index (χ4n) is 1.99. The van der Waals surface area contributed by atoms with Crippen LogP contribution in [0.15, 0.2) is 60.0 Å². The standard InChI is InChI=1S/C18H19NOS/c1-4-11-21-17-8-6-5-7-15(17)18(20)19-16-12-13(2)9-10-14(16)3/h4-10,12H,1,11H2,2-3H3,(H,19,20). The molecule has 0 radical (unpaired) electrons. The van der Waals surface area contributed by atoms with E-state index in [0.29, 0.717) is 5.56 Å². The van der Waals surface area contributed by atoms with Gasteiger partial charge in [-0.2, -0.15) is 0 Å². The van der Waals surface area contributed by atoms with Gasteiger partial charge in [0.25, 0.3) is 5.91 Å². The molecule has 2 aromatic carbocycles. The van der Waals surface area contributed by atoms with E-state index < -0.39 is 0 Å². The minimum Gasteiger partial charge on any atom is -0.322 e. The van der Waals surface area contributed by atoms with E-state index in [1.54, 1.807) is 11.8 Å². The summed E-state index contributed by atoms with van der Waals surface area (Å²) < 4.78 is 0. The molecule has 0 aromatic heterocycles. The van der Waals surface area contributed by atoms with Crippen LogP contribution < -0.4 is 5.32 Å². The molecular weight excluding hydrogens is 278 g/mol. The predicted molar refractivity (Wildman–Crippen MR) is 91.2 cm³/mol. The van der Waals surface area contributed by atoms with Crippen molar-refractivity contribution < 1.29 is 4.79 Å². The topological polar surface area (TPSA) is 29.1 Å². The van der Waals surface area contributed by atoms with Gasteiger partial charge in [-0.05, 0) is 43.2 Å². The minimum atomic E-state index is -0.0733. The second kappa shape index (κ2) is 7.14. The van der Waals surface area contributed by atoms with Crippen LogP contribution in [0.3, 0.4) is 0 Å². The van der Waals surface area contributed by atoms with Gasteiger partial charge in [-0.15, -0.1) is 18.3 Å². The summed E-state index contributed by atoms with van der Waals surface area (Å²) in [6, 6.07) is 13.7. The third kappa shape index (κ3) is 3.99. The second-order valence-electron chi connectivity index (χ2n) is 4.87. The van der Waals surface area contributed by atoms with Crippen molar-refractivity contribution >= 4 is 23.4 Å². The number of hydrogen-bond acceptors (Lipinski definition) is 2. The summed E-state index contributed by atoms with van der Waals surface area (Å²) in [5.41, 5.74) is 3.75. The lowest BCUT2D eigenvalue weighted by Crippen LogP contribution is -2.14. The summed E-state index contributed by atoms with van der Waals surface area (Å²) in [5.74, 6) is 0.712. The molecule has 108 valence electrons. The molecule has 0 atom stereocenters. The van der Waals surface area contributed by atoms with Crippen LogP contribution in [-0.4, -0.2) is 11.7 Å². The van der Waals surface area contributed by atoms with Crippen molar-refractivity contribution in [2.75, 3.05) is 11.1 Å². The number of aryl methyl sites for hydroxylation is 2. The normalized spacial score (nSPS) is 10.2. The molecule has 0 heterocycles. The largest absolute Gasteiger partial charge is 0.322 e. The van der Waals surface area contributed by atoms with E-state index in [4.69, 9.17) is 0 Å². The molecule has 21 heavy (non-hydrogen) atoms. The summed E-state index contributed by atoms with van der Waals surface area (Å²) in [5, 5.41) is 3.01. The predicted octanol–water partition coefficient (Wildman–Crippen LogP) is 4.83. The Hall–Kier alpha value is -2.00. The van der Waals surface area contributed by atoms with Gasteiger partial charge < -0.3 is 5.32 Å². The minimum absolute atomic E-state index is 0.0733. The van der Waals surface area contributed by atoms with Crippen LogP contribution >= 0.6 is 11.8 Å². The van der Waals surface area contributed by atoms with E-state index in [1.165, 1.54) is 0 Å². The maximum absolute atomic E-state index is 12.5. The van der Waals surface area contributed by atoms with E-state index in [9.17, 15) is 4.79 Å². The summed E-state index contributed by atoms with van der Waals surface area (Å²) in [6.07, 6.45) is 1.84. The van der Waals surface area contributed by atoms with Gasteiger partial charge in [-0.25, -0.2) is 0 Å². The van der Waals surface area contributed by atoms with Gasteiger partial charge in [0.15, 0.2) is 0 Å². The molecule has 0 bridgehead atoms. The van der Waals surface area contributed by atoms with Crippen LogP contribution in [0.4, 0.5) is 5.69 Å². The molecule has 0 spiro atoms. The molecule has 2 nitrogen and oxygen atoms in total. The summed E-state index contributed by atoms with van der Waals surface area (Å²) in [7, 11) is 0. The van der Waals surface area contributed by atoms with E-state index in [0.717, 1.165) is 27.5 Å². The maximum Gasteiger partial charge on any atom is 0.256 e. The van der Waals surface area contributed by atoms with Crippen LogP contribution in [0.1, 0.15) is 21.5 Å². The average molecular weight is 297 g/mol. The summed E-state index contributed by atoms with van der Waals surface area (Å²) >= 11 is 1.61. The molecule has 0 saturated heterocycles. The molecule has 2 aromatic rings. The SMILES string of the molecule is C=CCSc1ccccc1C(=O)Nc1cc(C)ccc1C. The van der Waals surface area contributed by atoms with Crippen LogP contribution in [0.25, 0.3) is 0 Å². The lowest BCUT2D eigenvalue weighted by Gasteiger charge is -2.11. The zero-order valence-electron chi connectivity index (χ0n) is 12.3. The van der Waals surface area contributed by atoms with Gasteiger partial charge in [0, 0.05) is 16.3 Å². The van der Waals surface area contributed by atoms with Gasteiger partial charge in [0.05, 0.1) is 5.56 Å². The van der Waals surface area contributed by atoms with Gasteiger partial charge in [0.2, 0.25) is 0 Å². The number of rotatable bonds is 5. The number of anilines is 1. The van der Waals surface area contributed by atoms with E-state index in [1.807, 2.05) is 62.4 Å². The van der Waals surface area contributed by atoms with Gasteiger partial charge in [-0.3, -0.25) is 4.79 Å². The Labute approximate surface area is 130 Å². The average Bonchev–Trinajstić information content (AvgIpc) is 2.49. The number of hydrogen-bond donors (Lipinski definition) is 1. The molecule has 3 heteroatoms. The summed E-state index contributed by atoms with van der Waals surface area (Å²) in [6.45, 7) is 7.73. The molecule has 1 N–H and O–H groups in total. The number of amides is 1. The Kier molecular flexibility index (Phi) is 5.23. The van der Waals surface area contributed by atoms with Crippen molar-refractivity contribution in [1.82, 2.24) is 0 Å². The molecule has 0 aliphatic heterocycles.